The maximum atomic E-state index is 11.3. The first-order valence-electron chi connectivity index (χ1n) is 5.14. The highest BCUT2D eigenvalue weighted by atomic mass is 17.1. The van der Waals surface area contributed by atoms with Gasteiger partial charge in [0, 0.05) is 12.8 Å². The molecule has 1 fully saturated rings. The van der Waals surface area contributed by atoms with Crippen molar-refractivity contribution < 1.29 is 19.7 Å². The fourth-order valence-corrected chi connectivity index (χ4v) is 2.08. The fraction of sp³-hybridized carbons (Fsp3) is 0.636. The molecular formula is C11H16O4. The molecule has 84 valence electrons. The van der Waals surface area contributed by atoms with Crippen molar-refractivity contribution in [1.82, 2.24) is 0 Å². The molecule has 0 bridgehead atoms. The number of ketones is 1. The van der Waals surface area contributed by atoms with Crippen LogP contribution in [0.25, 0.3) is 0 Å². The predicted molar refractivity (Wildman–Crippen MR) is 54.0 cm³/mol. The molecular weight excluding hydrogens is 196 g/mol. The third kappa shape index (κ3) is 3.47. The van der Waals surface area contributed by atoms with E-state index < -0.39 is 5.97 Å². The molecule has 1 aliphatic rings. The standard InChI is InChI=1S/C11H16O4/c1-2-3-4-8-5-10(12)6-9(8)7-11(13)15-14/h2-3,8-9,14H,4-7H2,1H3/b3-2-. The van der Waals surface area contributed by atoms with Crippen molar-refractivity contribution in [3.63, 3.8) is 0 Å². The second-order valence-electron chi connectivity index (χ2n) is 3.94. The summed E-state index contributed by atoms with van der Waals surface area (Å²) in [4.78, 5) is 25.8. The van der Waals surface area contributed by atoms with E-state index in [0.29, 0.717) is 12.8 Å². The summed E-state index contributed by atoms with van der Waals surface area (Å²) < 4.78 is 0. The normalized spacial score (nSPS) is 26.1. The van der Waals surface area contributed by atoms with E-state index in [2.05, 4.69) is 4.89 Å². The Kier molecular flexibility index (Phi) is 4.49. The van der Waals surface area contributed by atoms with Crippen molar-refractivity contribution in [1.29, 1.82) is 0 Å². The molecule has 0 aromatic carbocycles. The van der Waals surface area contributed by atoms with Crippen LogP contribution in [0, 0.1) is 11.8 Å². The van der Waals surface area contributed by atoms with E-state index >= 15 is 0 Å². The molecule has 0 aromatic rings. The first-order valence-corrected chi connectivity index (χ1v) is 5.14. The van der Waals surface area contributed by atoms with Gasteiger partial charge in [0.15, 0.2) is 0 Å². The first-order chi connectivity index (χ1) is 7.17. The number of allylic oxidation sites excluding steroid dienone is 2. The van der Waals surface area contributed by atoms with Gasteiger partial charge < -0.3 is 4.89 Å². The Morgan fingerprint density at radius 1 is 1.53 bits per heavy atom. The predicted octanol–water partition coefficient (Wildman–Crippen LogP) is 1.95. The van der Waals surface area contributed by atoms with Crippen molar-refractivity contribution in [3.8, 4) is 0 Å². The van der Waals surface area contributed by atoms with Crippen LogP contribution >= 0.6 is 0 Å². The van der Waals surface area contributed by atoms with Gasteiger partial charge in [-0.2, -0.15) is 5.26 Å². The minimum absolute atomic E-state index is 0.0216. The zero-order valence-electron chi connectivity index (χ0n) is 8.81. The Morgan fingerprint density at radius 2 is 2.20 bits per heavy atom. The van der Waals surface area contributed by atoms with Crippen LogP contribution in [0.3, 0.4) is 0 Å². The summed E-state index contributed by atoms with van der Waals surface area (Å²) in [7, 11) is 0. The molecule has 1 N–H and O–H groups in total. The van der Waals surface area contributed by atoms with Crippen LogP contribution in [-0.2, 0) is 14.5 Å². The van der Waals surface area contributed by atoms with Gasteiger partial charge in [0.1, 0.15) is 5.78 Å². The number of hydrogen-bond donors (Lipinski definition) is 1. The smallest absolute Gasteiger partial charge is 0.301 e. The van der Waals surface area contributed by atoms with E-state index in [1.165, 1.54) is 0 Å². The van der Waals surface area contributed by atoms with Gasteiger partial charge in [-0.15, -0.1) is 0 Å². The van der Waals surface area contributed by atoms with Gasteiger partial charge in [0.05, 0.1) is 6.42 Å². The molecule has 15 heavy (non-hydrogen) atoms. The minimum Gasteiger partial charge on any atom is -0.301 e. The lowest BCUT2D eigenvalue weighted by molar-refractivity contribution is -0.235. The summed E-state index contributed by atoms with van der Waals surface area (Å²) in [5.41, 5.74) is 0. The summed E-state index contributed by atoms with van der Waals surface area (Å²) >= 11 is 0. The zero-order valence-corrected chi connectivity index (χ0v) is 8.81. The Morgan fingerprint density at radius 3 is 2.80 bits per heavy atom. The highest BCUT2D eigenvalue weighted by Crippen LogP contribution is 2.34. The summed E-state index contributed by atoms with van der Waals surface area (Å²) in [5.74, 6) is -0.221. The number of rotatable bonds is 4. The van der Waals surface area contributed by atoms with E-state index in [1.54, 1.807) is 0 Å². The Bertz CT molecular complexity index is 270. The maximum absolute atomic E-state index is 11.3. The Labute approximate surface area is 88.9 Å². The number of Topliss-reactive ketones (excluding diaryl/α,β-unsaturated/α-hetero) is 1. The average Bonchev–Trinajstić information content (AvgIpc) is 2.55. The van der Waals surface area contributed by atoms with E-state index in [1.807, 2.05) is 19.1 Å². The van der Waals surface area contributed by atoms with Gasteiger partial charge in [-0.3, -0.25) is 4.79 Å². The molecule has 1 rings (SSSR count). The summed E-state index contributed by atoms with van der Waals surface area (Å²) in [6.07, 6.45) is 5.84. The van der Waals surface area contributed by atoms with E-state index in [0.717, 1.165) is 6.42 Å². The molecule has 1 saturated carbocycles. The van der Waals surface area contributed by atoms with Crippen molar-refractivity contribution >= 4 is 11.8 Å². The molecule has 1 aliphatic carbocycles. The van der Waals surface area contributed by atoms with Crippen LogP contribution in [0.4, 0.5) is 0 Å². The largest absolute Gasteiger partial charge is 0.342 e. The van der Waals surface area contributed by atoms with Crippen molar-refractivity contribution in [3.05, 3.63) is 12.2 Å². The third-order valence-corrected chi connectivity index (χ3v) is 2.85. The SMILES string of the molecule is C/C=C\CC1CC(=O)CC1CC(=O)OO. The van der Waals surface area contributed by atoms with E-state index in [9.17, 15) is 9.59 Å². The lowest BCUT2D eigenvalue weighted by atomic mass is 9.90. The van der Waals surface area contributed by atoms with Gasteiger partial charge in [-0.1, -0.05) is 12.2 Å². The quantitative estimate of drug-likeness (QED) is 0.439. The summed E-state index contributed by atoms with van der Waals surface area (Å²) in [5, 5.41) is 8.17. The van der Waals surface area contributed by atoms with Gasteiger partial charge in [0.2, 0.25) is 0 Å². The number of carbonyl (C=O) groups is 2. The molecule has 2 unspecified atom stereocenters. The average molecular weight is 212 g/mol. The Hall–Kier alpha value is -1.16. The highest BCUT2D eigenvalue weighted by Gasteiger charge is 2.33. The van der Waals surface area contributed by atoms with Crippen LogP contribution in [0.5, 0.6) is 0 Å². The van der Waals surface area contributed by atoms with Crippen molar-refractivity contribution in [2.45, 2.75) is 32.6 Å². The van der Waals surface area contributed by atoms with E-state index in [-0.39, 0.29) is 24.0 Å². The maximum Gasteiger partial charge on any atom is 0.342 e. The fourth-order valence-electron chi connectivity index (χ4n) is 2.08. The number of carbonyl (C=O) groups excluding carboxylic acids is 2. The molecule has 0 heterocycles. The Balaban J connectivity index is 2.52. The molecule has 0 amide bonds. The molecule has 0 radical (unpaired) electrons. The van der Waals surface area contributed by atoms with Crippen molar-refractivity contribution in [2.75, 3.05) is 0 Å². The highest BCUT2D eigenvalue weighted by molar-refractivity contribution is 5.82. The van der Waals surface area contributed by atoms with Crippen molar-refractivity contribution in [2.24, 2.45) is 11.8 Å². The van der Waals surface area contributed by atoms with Gasteiger partial charge in [0.25, 0.3) is 0 Å². The molecule has 4 heteroatoms. The van der Waals surface area contributed by atoms with Crippen LogP contribution in [0.2, 0.25) is 0 Å². The third-order valence-electron chi connectivity index (χ3n) is 2.85. The lowest BCUT2D eigenvalue weighted by Crippen LogP contribution is -2.14. The van der Waals surface area contributed by atoms with Crippen LogP contribution < -0.4 is 0 Å². The number of hydrogen-bond acceptors (Lipinski definition) is 4. The topological polar surface area (TPSA) is 63.6 Å². The molecule has 4 nitrogen and oxygen atoms in total. The van der Waals surface area contributed by atoms with E-state index in [4.69, 9.17) is 5.26 Å². The minimum atomic E-state index is -0.653. The summed E-state index contributed by atoms with van der Waals surface area (Å²) in [6.45, 7) is 1.92. The molecule has 0 spiro atoms. The van der Waals surface area contributed by atoms with Gasteiger partial charge in [-0.05, 0) is 25.2 Å². The van der Waals surface area contributed by atoms with Gasteiger partial charge >= 0.3 is 5.97 Å². The zero-order chi connectivity index (χ0) is 11.3. The monoisotopic (exact) mass is 212 g/mol. The first kappa shape index (κ1) is 11.9. The molecule has 0 saturated heterocycles. The molecule has 0 aromatic heterocycles. The van der Waals surface area contributed by atoms with Crippen LogP contribution in [0.15, 0.2) is 12.2 Å². The summed E-state index contributed by atoms with van der Waals surface area (Å²) in [6, 6.07) is 0. The van der Waals surface area contributed by atoms with Crippen LogP contribution in [0.1, 0.15) is 32.6 Å². The molecule has 2 atom stereocenters. The van der Waals surface area contributed by atoms with Gasteiger partial charge in [-0.25, -0.2) is 4.79 Å². The lowest BCUT2D eigenvalue weighted by Gasteiger charge is -2.14. The van der Waals surface area contributed by atoms with Crippen LogP contribution in [-0.4, -0.2) is 17.0 Å². The molecule has 0 aliphatic heterocycles. The second-order valence-corrected chi connectivity index (χ2v) is 3.94. The second kappa shape index (κ2) is 5.66.